The molecule has 0 atom stereocenters. The van der Waals surface area contributed by atoms with Crippen molar-refractivity contribution in [3.63, 3.8) is 0 Å². The molecule has 0 radical (unpaired) electrons. The smallest absolute Gasteiger partial charge is 0.206 e. The Morgan fingerprint density at radius 3 is 2.42 bits per heavy atom. The Balaban J connectivity index is 1.72. The maximum atomic E-state index is 4.61. The highest BCUT2D eigenvalue weighted by molar-refractivity contribution is 7.22. The second-order valence-electron chi connectivity index (χ2n) is 5.50. The summed E-state index contributed by atoms with van der Waals surface area (Å²) in [6.07, 6.45) is 1.87. The number of hydrazone groups is 1. The lowest BCUT2D eigenvalue weighted by atomic mass is 10.2. The number of hydrogen-bond donors (Lipinski definition) is 0. The lowest BCUT2D eigenvalue weighted by Crippen LogP contribution is -2.21. The van der Waals surface area contributed by atoms with E-state index in [1.807, 2.05) is 36.5 Å². The first-order chi connectivity index (χ1) is 11.7. The lowest BCUT2D eigenvalue weighted by molar-refractivity contribution is 0.866. The molecule has 1 heterocycles. The average molecular weight is 338 g/mol. The molecule has 0 spiro atoms. The molecule has 0 N–H and O–H groups in total. The highest BCUT2D eigenvalue weighted by Gasteiger charge is 2.06. The number of fused-ring (bicyclic) bond motifs is 1. The van der Waals surface area contributed by atoms with Crippen molar-refractivity contribution in [3.05, 3.63) is 54.1 Å². The van der Waals surface area contributed by atoms with Crippen LogP contribution in [0.4, 0.5) is 10.8 Å². The van der Waals surface area contributed by atoms with Gasteiger partial charge in [-0.15, -0.1) is 0 Å². The van der Waals surface area contributed by atoms with E-state index in [-0.39, 0.29) is 0 Å². The highest BCUT2D eigenvalue weighted by atomic mass is 32.1. The molecule has 3 aromatic rings. The van der Waals surface area contributed by atoms with Crippen LogP contribution in [0.2, 0.25) is 0 Å². The minimum absolute atomic E-state index is 0.896. The first kappa shape index (κ1) is 16.5. The Morgan fingerprint density at radius 1 is 1.04 bits per heavy atom. The second kappa shape index (κ2) is 7.45. The van der Waals surface area contributed by atoms with Gasteiger partial charge in [-0.25, -0.2) is 9.99 Å². The van der Waals surface area contributed by atoms with Crippen molar-refractivity contribution < 1.29 is 0 Å². The maximum absolute atomic E-state index is 4.61. The van der Waals surface area contributed by atoms with E-state index in [9.17, 15) is 0 Å². The molecule has 4 nitrogen and oxygen atoms in total. The van der Waals surface area contributed by atoms with E-state index in [0.29, 0.717) is 0 Å². The van der Waals surface area contributed by atoms with Crippen LogP contribution in [-0.4, -0.2) is 31.3 Å². The molecule has 0 bridgehead atoms. The van der Waals surface area contributed by atoms with Crippen molar-refractivity contribution in [2.24, 2.45) is 5.10 Å². The van der Waals surface area contributed by atoms with Gasteiger partial charge < -0.3 is 4.90 Å². The van der Waals surface area contributed by atoms with Gasteiger partial charge >= 0.3 is 0 Å². The molecule has 0 amide bonds. The van der Waals surface area contributed by atoms with Gasteiger partial charge in [-0.3, -0.25) is 0 Å². The summed E-state index contributed by atoms with van der Waals surface area (Å²) in [5.41, 5.74) is 3.35. The van der Waals surface area contributed by atoms with Crippen LogP contribution in [0.25, 0.3) is 10.2 Å². The van der Waals surface area contributed by atoms with Crippen molar-refractivity contribution >= 4 is 38.6 Å². The van der Waals surface area contributed by atoms with Gasteiger partial charge in [-0.1, -0.05) is 35.6 Å². The minimum Gasteiger partial charge on any atom is -0.372 e. The first-order valence-electron chi connectivity index (χ1n) is 8.19. The summed E-state index contributed by atoms with van der Waals surface area (Å²) >= 11 is 1.65. The van der Waals surface area contributed by atoms with E-state index in [0.717, 1.165) is 29.3 Å². The van der Waals surface area contributed by atoms with E-state index in [1.165, 1.54) is 10.4 Å². The van der Waals surface area contributed by atoms with Gasteiger partial charge in [0, 0.05) is 25.8 Å². The number of para-hydroxylation sites is 1. The zero-order valence-corrected chi connectivity index (χ0v) is 15.1. The van der Waals surface area contributed by atoms with E-state index in [1.54, 1.807) is 11.3 Å². The summed E-state index contributed by atoms with van der Waals surface area (Å²) in [6.45, 7) is 6.38. The van der Waals surface area contributed by atoms with Crippen molar-refractivity contribution in [1.82, 2.24) is 4.98 Å². The maximum Gasteiger partial charge on any atom is 0.206 e. The molecule has 0 aliphatic heterocycles. The number of aromatic nitrogens is 1. The molecule has 2 aromatic carbocycles. The number of thiazole rings is 1. The summed E-state index contributed by atoms with van der Waals surface area (Å²) in [5, 5.41) is 7.24. The Kier molecular flexibility index (Phi) is 5.11. The highest BCUT2D eigenvalue weighted by Crippen LogP contribution is 2.27. The molecule has 24 heavy (non-hydrogen) atoms. The third-order valence-corrected chi connectivity index (χ3v) is 5.06. The zero-order chi connectivity index (χ0) is 16.9. The predicted octanol–water partition coefficient (Wildman–Crippen LogP) is 4.61. The average Bonchev–Trinajstić information content (AvgIpc) is 3.06. The second-order valence-corrected chi connectivity index (χ2v) is 6.51. The largest absolute Gasteiger partial charge is 0.372 e. The molecule has 0 aliphatic carbocycles. The van der Waals surface area contributed by atoms with Gasteiger partial charge in [-0.05, 0) is 43.7 Å². The van der Waals surface area contributed by atoms with Crippen LogP contribution in [0.15, 0.2) is 53.6 Å². The van der Waals surface area contributed by atoms with Gasteiger partial charge in [0.1, 0.15) is 0 Å². The molecule has 0 unspecified atom stereocenters. The fraction of sp³-hybridized carbons (Fsp3) is 0.263. The van der Waals surface area contributed by atoms with Gasteiger partial charge in [0.05, 0.1) is 16.4 Å². The molecule has 1 aromatic heterocycles. The number of anilines is 2. The fourth-order valence-corrected chi connectivity index (χ4v) is 3.45. The van der Waals surface area contributed by atoms with Crippen molar-refractivity contribution in [2.45, 2.75) is 13.8 Å². The Labute approximate surface area is 147 Å². The van der Waals surface area contributed by atoms with Crippen LogP contribution in [-0.2, 0) is 0 Å². The summed E-state index contributed by atoms with van der Waals surface area (Å²) in [5.74, 6) is 0. The number of rotatable bonds is 6. The Bertz CT molecular complexity index is 786. The normalized spacial score (nSPS) is 11.3. The Morgan fingerprint density at radius 2 is 1.75 bits per heavy atom. The Hall–Kier alpha value is -2.40. The third-order valence-electron chi connectivity index (χ3n) is 3.96. The van der Waals surface area contributed by atoms with Crippen LogP contribution >= 0.6 is 11.3 Å². The quantitative estimate of drug-likeness (QED) is 0.486. The molecule has 0 saturated heterocycles. The lowest BCUT2D eigenvalue weighted by Gasteiger charge is -2.20. The van der Waals surface area contributed by atoms with E-state index < -0.39 is 0 Å². The van der Waals surface area contributed by atoms with Crippen LogP contribution in [0.1, 0.15) is 19.4 Å². The van der Waals surface area contributed by atoms with E-state index in [2.05, 4.69) is 59.2 Å². The summed E-state index contributed by atoms with van der Waals surface area (Å²) in [6, 6.07) is 16.6. The molecule has 3 rings (SSSR count). The van der Waals surface area contributed by atoms with E-state index >= 15 is 0 Å². The summed E-state index contributed by atoms with van der Waals surface area (Å²) < 4.78 is 1.18. The van der Waals surface area contributed by atoms with Crippen molar-refractivity contribution in [2.75, 3.05) is 30.0 Å². The van der Waals surface area contributed by atoms with Gasteiger partial charge in [-0.2, -0.15) is 5.10 Å². The SMILES string of the molecule is CCN(CC)c1ccc(C=NN(C)c2nc3ccccc3s2)cc1. The molecular formula is C19H22N4S. The van der Waals surface area contributed by atoms with Crippen molar-refractivity contribution in [3.8, 4) is 0 Å². The standard InChI is InChI=1S/C19H22N4S/c1-4-23(5-2)16-12-10-15(11-13-16)14-20-22(3)19-21-17-8-6-7-9-18(17)24-19/h6-14H,4-5H2,1-3H3. The molecule has 124 valence electrons. The molecular weight excluding hydrogens is 316 g/mol. The van der Waals surface area contributed by atoms with Crippen molar-refractivity contribution in [1.29, 1.82) is 0 Å². The first-order valence-corrected chi connectivity index (χ1v) is 9.01. The minimum atomic E-state index is 0.896. The molecule has 0 saturated carbocycles. The van der Waals surface area contributed by atoms with Crippen LogP contribution in [0, 0.1) is 0 Å². The topological polar surface area (TPSA) is 31.7 Å². The fourth-order valence-electron chi connectivity index (χ4n) is 2.56. The third kappa shape index (κ3) is 3.57. The summed E-state index contributed by atoms with van der Waals surface area (Å²) in [7, 11) is 1.93. The van der Waals surface area contributed by atoms with Crippen LogP contribution in [0.3, 0.4) is 0 Å². The van der Waals surface area contributed by atoms with Crippen LogP contribution in [0.5, 0.6) is 0 Å². The molecule has 0 aliphatic rings. The van der Waals surface area contributed by atoms with Crippen LogP contribution < -0.4 is 9.91 Å². The molecule has 0 fully saturated rings. The number of benzene rings is 2. The monoisotopic (exact) mass is 338 g/mol. The zero-order valence-electron chi connectivity index (χ0n) is 14.3. The number of nitrogens with zero attached hydrogens (tertiary/aromatic N) is 4. The van der Waals surface area contributed by atoms with Gasteiger partial charge in [0.25, 0.3) is 0 Å². The summed E-state index contributed by atoms with van der Waals surface area (Å²) in [4.78, 5) is 6.94. The predicted molar refractivity (Wildman–Crippen MR) is 106 cm³/mol. The molecule has 5 heteroatoms. The number of hydrogen-bond acceptors (Lipinski definition) is 5. The van der Waals surface area contributed by atoms with Gasteiger partial charge in [0.2, 0.25) is 5.13 Å². The van der Waals surface area contributed by atoms with Gasteiger partial charge in [0.15, 0.2) is 0 Å². The van der Waals surface area contributed by atoms with E-state index in [4.69, 9.17) is 0 Å².